The van der Waals surface area contributed by atoms with Crippen LogP contribution < -0.4 is 4.74 Å². The van der Waals surface area contributed by atoms with E-state index in [1.54, 1.807) is 4.68 Å². The summed E-state index contributed by atoms with van der Waals surface area (Å²) in [5, 5.41) is 4.23. The number of amides is 1. The summed E-state index contributed by atoms with van der Waals surface area (Å²) in [6.45, 7) is 6.84. The minimum atomic E-state index is -4.49. The monoisotopic (exact) mass is 499 g/mol. The lowest BCUT2D eigenvalue weighted by molar-refractivity contribution is -0.137. The fourth-order valence-electron chi connectivity index (χ4n) is 4.86. The van der Waals surface area contributed by atoms with Gasteiger partial charge in [-0.15, -0.1) is 0 Å². The molecule has 2 fully saturated rings. The molecule has 0 bridgehead atoms. The summed E-state index contributed by atoms with van der Waals surface area (Å²) in [7, 11) is 1.85. The van der Waals surface area contributed by atoms with Gasteiger partial charge in [-0.05, 0) is 45.6 Å². The zero-order chi connectivity index (χ0) is 24.6. The molecule has 2 aromatic heterocycles. The summed E-state index contributed by atoms with van der Waals surface area (Å²) < 4.78 is 46.0. The van der Waals surface area contributed by atoms with Gasteiger partial charge in [0, 0.05) is 51.2 Å². The van der Waals surface area contributed by atoms with Gasteiger partial charge in [0.1, 0.15) is 11.1 Å². The second kappa shape index (κ2) is 9.73. The first-order chi connectivity index (χ1) is 16.0. The molecule has 0 unspecified atom stereocenters. The minimum Gasteiger partial charge on any atom is -0.473 e. The van der Waals surface area contributed by atoms with Crippen LogP contribution in [0.4, 0.5) is 13.2 Å². The third kappa shape index (κ3) is 5.17. The van der Waals surface area contributed by atoms with Crippen molar-refractivity contribution >= 4 is 17.5 Å². The van der Waals surface area contributed by atoms with Crippen molar-refractivity contribution in [2.24, 2.45) is 7.05 Å². The zero-order valence-electron chi connectivity index (χ0n) is 19.5. The number of likely N-dealkylation sites (tertiary alicyclic amines) is 2. The topological polar surface area (TPSA) is 63.5 Å². The Kier molecular flexibility index (Phi) is 7.09. The molecule has 0 radical (unpaired) electrons. The first-order valence-electron chi connectivity index (χ1n) is 11.5. The number of hydrogen-bond acceptors (Lipinski definition) is 5. The fourth-order valence-corrected chi connectivity index (χ4v) is 5.07. The first-order valence-corrected chi connectivity index (χ1v) is 11.8. The van der Waals surface area contributed by atoms with E-state index >= 15 is 0 Å². The number of hydrogen-bond donors (Lipinski definition) is 0. The molecule has 1 amide bonds. The summed E-state index contributed by atoms with van der Waals surface area (Å²) in [5.74, 6) is 0.0931. The van der Waals surface area contributed by atoms with Crippen LogP contribution in [-0.4, -0.2) is 68.8 Å². The predicted molar refractivity (Wildman–Crippen MR) is 121 cm³/mol. The van der Waals surface area contributed by atoms with Crippen LogP contribution in [0.2, 0.25) is 5.02 Å². The lowest BCUT2D eigenvalue weighted by Crippen LogP contribution is -2.50. The van der Waals surface area contributed by atoms with Crippen molar-refractivity contribution in [2.75, 3.05) is 26.2 Å². The maximum absolute atomic E-state index is 13.0. The van der Waals surface area contributed by atoms with Crippen LogP contribution in [0, 0.1) is 13.8 Å². The lowest BCUT2D eigenvalue weighted by atomic mass is 9.98. The molecule has 11 heteroatoms. The third-order valence-electron chi connectivity index (χ3n) is 6.88. The number of nitrogens with zero attached hydrogens (tertiary/aromatic N) is 5. The molecule has 0 atom stereocenters. The summed E-state index contributed by atoms with van der Waals surface area (Å²) in [6.07, 6.45) is -0.588. The normalized spacial score (nSPS) is 19.0. The zero-order valence-corrected chi connectivity index (χ0v) is 20.3. The molecule has 0 aliphatic carbocycles. The first kappa shape index (κ1) is 24.8. The van der Waals surface area contributed by atoms with Gasteiger partial charge in [0.15, 0.2) is 0 Å². The number of carbonyl (C=O) groups is 1. The van der Waals surface area contributed by atoms with E-state index in [0.717, 1.165) is 62.4 Å². The Morgan fingerprint density at radius 3 is 2.29 bits per heavy atom. The molecule has 2 aromatic rings. The summed E-state index contributed by atoms with van der Waals surface area (Å²) in [6, 6.07) is 1.25. The van der Waals surface area contributed by atoms with Crippen molar-refractivity contribution in [3.05, 3.63) is 39.8 Å². The van der Waals surface area contributed by atoms with Gasteiger partial charge in [-0.3, -0.25) is 14.4 Å². The van der Waals surface area contributed by atoms with Gasteiger partial charge >= 0.3 is 6.18 Å². The lowest BCUT2D eigenvalue weighted by Gasteiger charge is -2.41. The molecule has 2 aliphatic rings. The van der Waals surface area contributed by atoms with Gasteiger partial charge in [-0.1, -0.05) is 11.6 Å². The number of aryl methyl sites for hydroxylation is 2. The highest BCUT2D eigenvalue weighted by Gasteiger charge is 2.34. The summed E-state index contributed by atoms with van der Waals surface area (Å²) in [5.41, 5.74) is 1.46. The minimum absolute atomic E-state index is 0.0425. The van der Waals surface area contributed by atoms with Crippen LogP contribution in [0.5, 0.6) is 5.88 Å². The van der Waals surface area contributed by atoms with E-state index in [-0.39, 0.29) is 22.9 Å². The summed E-state index contributed by atoms with van der Waals surface area (Å²) in [4.78, 5) is 21.1. The van der Waals surface area contributed by atoms with Crippen LogP contribution in [0.25, 0.3) is 0 Å². The molecule has 2 aliphatic heterocycles. The van der Waals surface area contributed by atoms with E-state index in [4.69, 9.17) is 16.3 Å². The fraction of sp³-hybridized carbons (Fsp3) is 0.609. The molecule has 2 saturated heterocycles. The SMILES string of the molecule is Cc1nn(C)c(C)c1C(=O)N1CCC(N2CCC(Oc3ncc(C(F)(F)F)cc3Cl)CC2)CC1. The van der Waals surface area contributed by atoms with E-state index < -0.39 is 11.7 Å². The van der Waals surface area contributed by atoms with E-state index in [9.17, 15) is 18.0 Å². The number of carbonyl (C=O) groups excluding carboxylic acids is 1. The van der Waals surface area contributed by atoms with Crippen LogP contribution in [0.15, 0.2) is 12.3 Å². The Balaban J connectivity index is 1.27. The second-order valence-electron chi connectivity index (χ2n) is 9.05. The van der Waals surface area contributed by atoms with Crippen molar-refractivity contribution in [3.63, 3.8) is 0 Å². The Labute approximate surface area is 201 Å². The van der Waals surface area contributed by atoms with Gasteiger partial charge in [0.05, 0.1) is 16.8 Å². The van der Waals surface area contributed by atoms with Gasteiger partial charge in [-0.2, -0.15) is 18.3 Å². The average Bonchev–Trinajstić information content (AvgIpc) is 3.05. The molecule has 186 valence electrons. The molecule has 4 heterocycles. The van der Waals surface area contributed by atoms with E-state index in [1.165, 1.54) is 0 Å². The third-order valence-corrected chi connectivity index (χ3v) is 7.15. The van der Waals surface area contributed by atoms with Gasteiger partial charge in [-0.25, -0.2) is 4.98 Å². The largest absolute Gasteiger partial charge is 0.473 e. The van der Waals surface area contributed by atoms with Crippen molar-refractivity contribution in [2.45, 2.75) is 57.9 Å². The highest BCUT2D eigenvalue weighted by molar-refractivity contribution is 6.31. The van der Waals surface area contributed by atoms with Gasteiger partial charge in [0.2, 0.25) is 5.88 Å². The van der Waals surface area contributed by atoms with Crippen molar-refractivity contribution in [3.8, 4) is 5.88 Å². The molecule has 34 heavy (non-hydrogen) atoms. The highest BCUT2D eigenvalue weighted by Crippen LogP contribution is 2.34. The van der Waals surface area contributed by atoms with Crippen LogP contribution in [0.1, 0.15) is 53.0 Å². The number of ether oxygens (including phenoxy) is 1. The molecular formula is C23H29ClF3N5O2. The van der Waals surface area contributed by atoms with E-state index in [0.29, 0.717) is 24.7 Å². The number of pyridine rings is 1. The van der Waals surface area contributed by atoms with Gasteiger partial charge < -0.3 is 9.64 Å². The summed E-state index contributed by atoms with van der Waals surface area (Å²) >= 11 is 5.97. The van der Waals surface area contributed by atoms with Crippen molar-refractivity contribution < 1.29 is 22.7 Å². The molecular weight excluding hydrogens is 471 g/mol. The van der Waals surface area contributed by atoms with Crippen LogP contribution >= 0.6 is 11.6 Å². The standard InChI is InChI=1S/C23H29ClF3N5O2/c1-14-20(15(2)30(3)29-14)22(33)32-8-4-17(5-9-32)31-10-6-18(7-11-31)34-21-19(24)12-16(13-28-21)23(25,26)27/h12-13,17-18H,4-11H2,1-3H3. The molecule has 0 aromatic carbocycles. The smallest absolute Gasteiger partial charge is 0.417 e. The van der Waals surface area contributed by atoms with E-state index in [1.807, 2.05) is 25.8 Å². The second-order valence-corrected chi connectivity index (χ2v) is 9.46. The van der Waals surface area contributed by atoms with Crippen molar-refractivity contribution in [1.82, 2.24) is 24.6 Å². The quantitative estimate of drug-likeness (QED) is 0.629. The molecule has 0 spiro atoms. The maximum Gasteiger partial charge on any atom is 0.417 e. The molecule has 0 N–H and O–H groups in total. The van der Waals surface area contributed by atoms with Crippen molar-refractivity contribution in [1.29, 1.82) is 0 Å². The number of rotatable bonds is 4. The number of piperidine rings is 2. The number of halogens is 4. The average molecular weight is 500 g/mol. The predicted octanol–water partition coefficient (Wildman–Crippen LogP) is 4.25. The van der Waals surface area contributed by atoms with Gasteiger partial charge in [0.25, 0.3) is 5.91 Å². The Morgan fingerprint density at radius 1 is 1.12 bits per heavy atom. The highest BCUT2D eigenvalue weighted by atomic mass is 35.5. The Morgan fingerprint density at radius 2 is 1.76 bits per heavy atom. The van der Waals surface area contributed by atoms with Crippen LogP contribution in [0.3, 0.4) is 0 Å². The molecule has 7 nitrogen and oxygen atoms in total. The number of alkyl halides is 3. The molecule has 4 rings (SSSR count). The Bertz CT molecular complexity index is 1040. The van der Waals surface area contributed by atoms with Crippen LogP contribution in [-0.2, 0) is 13.2 Å². The van der Waals surface area contributed by atoms with E-state index in [2.05, 4.69) is 15.0 Å². The molecule has 0 saturated carbocycles. The maximum atomic E-state index is 13.0. The number of aromatic nitrogens is 3. The Hall–Kier alpha value is -2.33.